The number of rotatable bonds is 10. The van der Waals surface area contributed by atoms with Crippen molar-refractivity contribution in [2.75, 3.05) is 27.4 Å². The first-order valence-corrected chi connectivity index (χ1v) is 10.5. The summed E-state index contributed by atoms with van der Waals surface area (Å²) in [5, 5.41) is 14.2. The van der Waals surface area contributed by atoms with E-state index in [4.69, 9.17) is 14.2 Å². The van der Waals surface area contributed by atoms with Gasteiger partial charge in [-0.25, -0.2) is 0 Å². The van der Waals surface area contributed by atoms with Crippen LogP contribution in [0.25, 0.3) is 0 Å². The molecule has 0 saturated heterocycles. The van der Waals surface area contributed by atoms with Crippen LogP contribution in [0.4, 0.5) is 0 Å². The molecule has 0 amide bonds. The van der Waals surface area contributed by atoms with Gasteiger partial charge in [-0.05, 0) is 36.5 Å². The minimum absolute atomic E-state index is 0.163. The maximum atomic E-state index is 10.6. The molecule has 5 nitrogen and oxygen atoms in total. The van der Waals surface area contributed by atoms with Crippen molar-refractivity contribution in [3.8, 4) is 17.2 Å². The van der Waals surface area contributed by atoms with Gasteiger partial charge in [0.15, 0.2) is 11.5 Å². The molecule has 158 valence electrons. The minimum atomic E-state index is -0.639. The Labute approximate surface area is 174 Å². The van der Waals surface area contributed by atoms with Crippen LogP contribution in [0.2, 0.25) is 0 Å². The summed E-state index contributed by atoms with van der Waals surface area (Å²) in [6.45, 7) is 0.628. The number of ether oxygens (including phenoxy) is 3. The molecule has 0 heterocycles. The lowest BCUT2D eigenvalue weighted by molar-refractivity contribution is 0.0958. The number of aliphatic hydroxyl groups is 1. The average Bonchev–Trinajstić information content (AvgIpc) is 2.79. The van der Waals surface area contributed by atoms with E-state index in [1.54, 1.807) is 14.2 Å². The summed E-state index contributed by atoms with van der Waals surface area (Å²) in [5.41, 5.74) is 1.29. The van der Waals surface area contributed by atoms with Gasteiger partial charge in [-0.15, -0.1) is 0 Å². The molecular formula is C24H33NO4. The summed E-state index contributed by atoms with van der Waals surface area (Å²) >= 11 is 0. The first kappa shape index (κ1) is 21.5. The third kappa shape index (κ3) is 5.87. The van der Waals surface area contributed by atoms with Crippen molar-refractivity contribution in [1.29, 1.82) is 0 Å². The van der Waals surface area contributed by atoms with E-state index in [0.717, 1.165) is 0 Å². The van der Waals surface area contributed by atoms with E-state index in [-0.39, 0.29) is 12.6 Å². The quantitative estimate of drug-likeness (QED) is 0.622. The molecule has 29 heavy (non-hydrogen) atoms. The van der Waals surface area contributed by atoms with Crippen LogP contribution in [0.3, 0.4) is 0 Å². The number of hydrogen-bond donors (Lipinski definition) is 2. The second-order valence-electron chi connectivity index (χ2n) is 7.65. The van der Waals surface area contributed by atoms with E-state index in [0.29, 0.717) is 29.7 Å². The Kier molecular flexibility index (Phi) is 8.20. The topological polar surface area (TPSA) is 60.0 Å². The number of methoxy groups -OCH3 is 2. The second-order valence-corrected chi connectivity index (χ2v) is 7.65. The Hall–Kier alpha value is -2.24. The summed E-state index contributed by atoms with van der Waals surface area (Å²) < 4.78 is 16.6. The zero-order chi connectivity index (χ0) is 20.5. The summed E-state index contributed by atoms with van der Waals surface area (Å²) in [6, 6.07) is 16.3. The maximum absolute atomic E-state index is 10.6. The monoisotopic (exact) mass is 399 g/mol. The van der Waals surface area contributed by atoms with Gasteiger partial charge in [0.1, 0.15) is 12.7 Å². The molecule has 5 heteroatoms. The number of nitrogens with one attached hydrogen (secondary N) is 1. The molecule has 3 rings (SSSR count). The molecule has 0 unspecified atom stereocenters. The fourth-order valence-corrected chi connectivity index (χ4v) is 4.15. The van der Waals surface area contributed by atoms with Gasteiger partial charge in [-0.1, -0.05) is 55.7 Å². The fraction of sp³-hybridized carbons (Fsp3) is 0.500. The zero-order valence-corrected chi connectivity index (χ0v) is 17.5. The molecular weight excluding hydrogens is 366 g/mol. The molecule has 2 N–H and O–H groups in total. The van der Waals surface area contributed by atoms with Gasteiger partial charge in [0.2, 0.25) is 5.75 Å². The minimum Gasteiger partial charge on any atom is -0.493 e. The van der Waals surface area contributed by atoms with E-state index in [9.17, 15) is 5.11 Å². The highest BCUT2D eigenvalue weighted by molar-refractivity contribution is 5.51. The molecule has 2 aromatic rings. The maximum Gasteiger partial charge on any atom is 0.203 e. The highest BCUT2D eigenvalue weighted by atomic mass is 16.5. The van der Waals surface area contributed by atoms with E-state index in [1.165, 1.54) is 37.7 Å². The second kappa shape index (κ2) is 11.1. The lowest BCUT2D eigenvalue weighted by atomic mass is 9.81. The third-order valence-corrected chi connectivity index (χ3v) is 5.66. The normalized spacial score (nSPS) is 16.8. The van der Waals surface area contributed by atoms with Gasteiger partial charge in [0.05, 0.1) is 14.2 Å². The molecule has 1 aliphatic rings. The SMILES string of the molecule is COc1cccc(OC)c1OC[C@@H](O)CN[C@@H](c1ccccc1)C1CCCCC1. The Balaban J connectivity index is 1.60. The average molecular weight is 400 g/mol. The van der Waals surface area contributed by atoms with Crippen molar-refractivity contribution in [3.63, 3.8) is 0 Å². The van der Waals surface area contributed by atoms with Gasteiger partial charge in [-0.3, -0.25) is 0 Å². The molecule has 0 aliphatic heterocycles. The highest BCUT2D eigenvalue weighted by Crippen LogP contribution is 2.37. The Bertz CT molecular complexity index is 709. The lowest BCUT2D eigenvalue weighted by Crippen LogP contribution is -2.37. The molecule has 0 aromatic heterocycles. The van der Waals surface area contributed by atoms with Gasteiger partial charge >= 0.3 is 0 Å². The van der Waals surface area contributed by atoms with Crippen LogP contribution in [0.15, 0.2) is 48.5 Å². The van der Waals surface area contributed by atoms with Crippen molar-refractivity contribution in [1.82, 2.24) is 5.32 Å². The third-order valence-electron chi connectivity index (χ3n) is 5.66. The molecule has 1 aliphatic carbocycles. The largest absolute Gasteiger partial charge is 0.493 e. The number of aliphatic hydroxyl groups excluding tert-OH is 1. The lowest BCUT2D eigenvalue weighted by Gasteiger charge is -2.32. The van der Waals surface area contributed by atoms with Crippen molar-refractivity contribution in [2.24, 2.45) is 5.92 Å². The van der Waals surface area contributed by atoms with Crippen LogP contribution in [-0.4, -0.2) is 38.6 Å². The molecule has 2 atom stereocenters. The summed E-state index contributed by atoms with van der Waals surface area (Å²) in [4.78, 5) is 0. The highest BCUT2D eigenvalue weighted by Gasteiger charge is 2.25. The molecule has 2 aromatic carbocycles. The van der Waals surface area contributed by atoms with Crippen molar-refractivity contribution >= 4 is 0 Å². The summed E-state index contributed by atoms with van der Waals surface area (Å²) in [7, 11) is 3.18. The number of benzene rings is 2. The van der Waals surface area contributed by atoms with Crippen LogP contribution in [0.1, 0.15) is 43.7 Å². The Morgan fingerprint density at radius 2 is 1.59 bits per heavy atom. The predicted octanol–water partition coefficient (Wildman–Crippen LogP) is 4.35. The predicted molar refractivity (Wildman–Crippen MR) is 115 cm³/mol. The van der Waals surface area contributed by atoms with Crippen molar-refractivity contribution < 1.29 is 19.3 Å². The molecule has 0 radical (unpaired) electrons. The molecule has 1 fully saturated rings. The van der Waals surface area contributed by atoms with E-state index in [2.05, 4.69) is 29.6 Å². The molecule has 0 bridgehead atoms. The number of hydrogen-bond acceptors (Lipinski definition) is 5. The first-order valence-electron chi connectivity index (χ1n) is 10.5. The molecule has 0 spiro atoms. The van der Waals surface area contributed by atoms with Crippen molar-refractivity contribution in [3.05, 3.63) is 54.1 Å². The van der Waals surface area contributed by atoms with Crippen LogP contribution in [0.5, 0.6) is 17.2 Å². The van der Waals surface area contributed by atoms with Crippen LogP contribution < -0.4 is 19.5 Å². The van der Waals surface area contributed by atoms with Crippen LogP contribution in [0, 0.1) is 5.92 Å². The molecule has 1 saturated carbocycles. The van der Waals surface area contributed by atoms with Crippen molar-refractivity contribution in [2.45, 2.75) is 44.2 Å². The summed E-state index contributed by atoms with van der Waals surface area (Å²) in [5.74, 6) is 2.31. The van der Waals surface area contributed by atoms with Gasteiger partial charge in [-0.2, -0.15) is 0 Å². The van der Waals surface area contributed by atoms with E-state index >= 15 is 0 Å². The van der Waals surface area contributed by atoms with Crippen LogP contribution >= 0.6 is 0 Å². The smallest absolute Gasteiger partial charge is 0.203 e. The van der Waals surface area contributed by atoms with Gasteiger partial charge < -0.3 is 24.6 Å². The van der Waals surface area contributed by atoms with E-state index < -0.39 is 6.10 Å². The fourth-order valence-electron chi connectivity index (χ4n) is 4.15. The Morgan fingerprint density at radius 1 is 0.931 bits per heavy atom. The van der Waals surface area contributed by atoms with E-state index in [1.807, 2.05) is 24.3 Å². The zero-order valence-electron chi connectivity index (χ0n) is 17.5. The Morgan fingerprint density at radius 3 is 2.21 bits per heavy atom. The first-order chi connectivity index (χ1) is 14.2. The summed E-state index contributed by atoms with van der Waals surface area (Å²) in [6.07, 6.45) is 5.73. The van der Waals surface area contributed by atoms with Gasteiger partial charge in [0, 0.05) is 12.6 Å². The van der Waals surface area contributed by atoms with Gasteiger partial charge in [0.25, 0.3) is 0 Å². The standard InChI is InChI=1S/C24H33NO4/c1-27-21-14-9-15-22(28-2)24(21)29-17-20(26)16-25-23(18-10-5-3-6-11-18)19-12-7-4-8-13-19/h3,5-6,9-11,14-15,19-20,23,25-26H,4,7-8,12-13,16-17H2,1-2H3/t20-,23-/m0/s1. The number of para-hydroxylation sites is 1. The van der Waals surface area contributed by atoms with Crippen LogP contribution in [-0.2, 0) is 0 Å².